The topological polar surface area (TPSA) is 35.5 Å². The van der Waals surface area contributed by atoms with Gasteiger partial charge in [0.1, 0.15) is 5.75 Å². The van der Waals surface area contributed by atoms with Crippen LogP contribution in [0.3, 0.4) is 0 Å². The Kier molecular flexibility index (Phi) is 4.80. The lowest BCUT2D eigenvalue weighted by Gasteiger charge is -2.14. The van der Waals surface area contributed by atoms with E-state index in [0.29, 0.717) is 5.56 Å². The van der Waals surface area contributed by atoms with Crippen molar-refractivity contribution in [2.24, 2.45) is 0 Å². The number of esters is 1. The van der Waals surface area contributed by atoms with E-state index in [2.05, 4.69) is 27.6 Å². The van der Waals surface area contributed by atoms with Crippen molar-refractivity contribution < 1.29 is 14.3 Å². The molecular formula is C12H15BrO3. The van der Waals surface area contributed by atoms with Crippen LogP contribution in [0.2, 0.25) is 0 Å². The van der Waals surface area contributed by atoms with Gasteiger partial charge < -0.3 is 9.47 Å². The fourth-order valence-electron chi connectivity index (χ4n) is 1.45. The van der Waals surface area contributed by atoms with Crippen LogP contribution in [0.5, 0.6) is 5.75 Å². The Balaban J connectivity index is 3.15. The maximum absolute atomic E-state index is 11.4. The van der Waals surface area contributed by atoms with Gasteiger partial charge in [-0.15, -0.1) is 0 Å². The van der Waals surface area contributed by atoms with E-state index in [1.807, 2.05) is 6.07 Å². The Morgan fingerprint density at radius 3 is 2.62 bits per heavy atom. The summed E-state index contributed by atoms with van der Waals surface area (Å²) in [6.45, 7) is 2.06. The molecule has 88 valence electrons. The Labute approximate surface area is 104 Å². The summed E-state index contributed by atoms with van der Waals surface area (Å²) in [4.78, 5) is 11.4. The summed E-state index contributed by atoms with van der Waals surface area (Å²) in [6, 6.07) is 5.31. The molecule has 0 aliphatic rings. The summed E-state index contributed by atoms with van der Waals surface area (Å²) in [7, 11) is 3.00. The van der Waals surface area contributed by atoms with Gasteiger partial charge in [-0.05, 0) is 29.7 Å². The van der Waals surface area contributed by atoms with Crippen LogP contribution in [-0.2, 0) is 4.74 Å². The molecule has 1 aromatic carbocycles. The fraction of sp³-hybridized carbons (Fsp3) is 0.417. The molecule has 1 unspecified atom stereocenters. The molecule has 1 atom stereocenters. The first-order valence-corrected chi connectivity index (χ1v) is 6.08. The maximum atomic E-state index is 11.4. The molecule has 1 aromatic rings. The van der Waals surface area contributed by atoms with Gasteiger partial charge in [0.2, 0.25) is 0 Å². The highest BCUT2D eigenvalue weighted by molar-refractivity contribution is 9.09. The van der Waals surface area contributed by atoms with Gasteiger partial charge in [-0.2, -0.15) is 0 Å². The molecule has 0 fully saturated rings. The first kappa shape index (κ1) is 13.0. The highest BCUT2D eigenvalue weighted by atomic mass is 79.9. The Morgan fingerprint density at radius 2 is 2.12 bits per heavy atom. The van der Waals surface area contributed by atoms with Crippen molar-refractivity contribution in [3.8, 4) is 5.75 Å². The lowest BCUT2D eigenvalue weighted by atomic mass is 9.99. The quantitative estimate of drug-likeness (QED) is 0.631. The number of hydrogen-bond donors (Lipinski definition) is 0. The highest BCUT2D eigenvalue weighted by Gasteiger charge is 2.14. The van der Waals surface area contributed by atoms with Crippen molar-refractivity contribution in [1.82, 2.24) is 0 Å². The predicted molar refractivity (Wildman–Crippen MR) is 66.5 cm³/mol. The summed E-state index contributed by atoms with van der Waals surface area (Å²) < 4.78 is 9.95. The molecule has 0 aliphatic carbocycles. The minimum Gasteiger partial charge on any atom is -0.496 e. The Hall–Kier alpha value is -1.03. The van der Waals surface area contributed by atoms with E-state index in [1.54, 1.807) is 19.2 Å². The van der Waals surface area contributed by atoms with Crippen LogP contribution in [0.25, 0.3) is 0 Å². The van der Waals surface area contributed by atoms with Crippen molar-refractivity contribution in [2.75, 3.05) is 19.5 Å². The summed E-state index contributed by atoms with van der Waals surface area (Å²) in [5.74, 6) is 0.741. The second-order valence-corrected chi connectivity index (χ2v) is 4.15. The Morgan fingerprint density at radius 1 is 1.44 bits per heavy atom. The van der Waals surface area contributed by atoms with Gasteiger partial charge in [0.05, 0.1) is 19.8 Å². The molecule has 0 radical (unpaired) electrons. The van der Waals surface area contributed by atoms with Gasteiger partial charge in [-0.1, -0.05) is 22.9 Å². The van der Waals surface area contributed by atoms with E-state index in [0.717, 1.165) is 16.6 Å². The minimum atomic E-state index is -0.328. The molecule has 0 bridgehead atoms. The van der Waals surface area contributed by atoms with Crippen LogP contribution in [0.15, 0.2) is 18.2 Å². The van der Waals surface area contributed by atoms with Crippen molar-refractivity contribution in [2.45, 2.75) is 12.8 Å². The number of ether oxygens (including phenoxy) is 2. The lowest BCUT2D eigenvalue weighted by molar-refractivity contribution is 0.0600. The molecule has 0 amide bonds. The smallest absolute Gasteiger partial charge is 0.337 e. The maximum Gasteiger partial charge on any atom is 0.337 e. The molecule has 0 aromatic heterocycles. The van der Waals surface area contributed by atoms with E-state index in [4.69, 9.17) is 4.74 Å². The van der Waals surface area contributed by atoms with Gasteiger partial charge in [-0.25, -0.2) is 4.79 Å². The molecule has 0 heterocycles. The molecular weight excluding hydrogens is 272 g/mol. The van der Waals surface area contributed by atoms with Crippen molar-refractivity contribution in [3.05, 3.63) is 29.3 Å². The normalized spacial score (nSPS) is 12.0. The van der Waals surface area contributed by atoms with Crippen molar-refractivity contribution >= 4 is 21.9 Å². The van der Waals surface area contributed by atoms with Crippen LogP contribution < -0.4 is 4.74 Å². The third kappa shape index (κ3) is 2.76. The van der Waals surface area contributed by atoms with Gasteiger partial charge in [0.25, 0.3) is 0 Å². The summed E-state index contributed by atoms with van der Waals surface area (Å²) in [5.41, 5.74) is 1.55. The van der Waals surface area contributed by atoms with E-state index < -0.39 is 0 Å². The van der Waals surface area contributed by atoms with Crippen LogP contribution in [0.1, 0.15) is 28.8 Å². The van der Waals surface area contributed by atoms with E-state index in [9.17, 15) is 4.79 Å². The zero-order chi connectivity index (χ0) is 12.1. The number of halogens is 1. The summed E-state index contributed by atoms with van der Waals surface area (Å²) in [5, 5.41) is 0.813. The number of benzene rings is 1. The number of carbonyl (C=O) groups is 1. The third-order valence-electron chi connectivity index (χ3n) is 2.41. The predicted octanol–water partition coefficient (Wildman–Crippen LogP) is 2.98. The number of methoxy groups -OCH3 is 2. The molecule has 0 spiro atoms. The standard InChI is InChI=1S/C12H15BrO3/c1-8(7-13)10-6-9(12(14)16-3)4-5-11(10)15-2/h4-6,8H,7H2,1-3H3. The molecule has 0 aliphatic heterocycles. The SMILES string of the molecule is COC(=O)c1ccc(OC)c(C(C)CBr)c1. The second-order valence-electron chi connectivity index (χ2n) is 3.50. The van der Waals surface area contributed by atoms with Crippen LogP contribution in [-0.4, -0.2) is 25.5 Å². The molecule has 0 N–H and O–H groups in total. The van der Waals surface area contributed by atoms with Gasteiger partial charge in [-0.3, -0.25) is 0 Å². The number of hydrogen-bond acceptors (Lipinski definition) is 3. The van der Waals surface area contributed by atoms with Gasteiger partial charge >= 0.3 is 5.97 Å². The summed E-state index contributed by atoms with van der Waals surface area (Å²) in [6.07, 6.45) is 0. The lowest BCUT2D eigenvalue weighted by Crippen LogP contribution is -2.05. The van der Waals surface area contributed by atoms with Crippen molar-refractivity contribution in [3.63, 3.8) is 0 Å². The molecule has 4 heteroatoms. The average molecular weight is 287 g/mol. The zero-order valence-corrected chi connectivity index (χ0v) is 11.2. The highest BCUT2D eigenvalue weighted by Crippen LogP contribution is 2.28. The van der Waals surface area contributed by atoms with E-state index in [1.165, 1.54) is 7.11 Å². The molecule has 0 saturated heterocycles. The first-order chi connectivity index (χ1) is 7.63. The first-order valence-electron chi connectivity index (χ1n) is 4.96. The van der Waals surface area contributed by atoms with Gasteiger partial charge in [0.15, 0.2) is 0 Å². The number of alkyl halides is 1. The average Bonchev–Trinajstić information content (AvgIpc) is 2.35. The molecule has 1 rings (SSSR count). The molecule has 3 nitrogen and oxygen atoms in total. The molecule has 0 saturated carbocycles. The van der Waals surface area contributed by atoms with Crippen molar-refractivity contribution in [1.29, 1.82) is 0 Å². The Bertz CT molecular complexity index is 377. The third-order valence-corrected chi connectivity index (χ3v) is 3.38. The van der Waals surface area contributed by atoms with E-state index in [-0.39, 0.29) is 11.9 Å². The fourth-order valence-corrected chi connectivity index (χ4v) is 1.80. The second kappa shape index (κ2) is 5.89. The van der Waals surface area contributed by atoms with E-state index >= 15 is 0 Å². The van der Waals surface area contributed by atoms with Crippen LogP contribution in [0.4, 0.5) is 0 Å². The summed E-state index contributed by atoms with van der Waals surface area (Å²) >= 11 is 3.42. The van der Waals surface area contributed by atoms with Crippen LogP contribution >= 0.6 is 15.9 Å². The van der Waals surface area contributed by atoms with Gasteiger partial charge in [0, 0.05) is 5.33 Å². The number of carbonyl (C=O) groups excluding carboxylic acids is 1. The van der Waals surface area contributed by atoms with Crippen LogP contribution in [0, 0.1) is 0 Å². The zero-order valence-electron chi connectivity index (χ0n) is 9.62. The minimum absolute atomic E-state index is 0.277. The molecule has 16 heavy (non-hydrogen) atoms. The number of rotatable bonds is 4. The monoisotopic (exact) mass is 286 g/mol. The largest absolute Gasteiger partial charge is 0.496 e.